The number of hydrogen-bond acceptors (Lipinski definition) is 2. The molecule has 1 aromatic rings. The molecule has 0 aliphatic carbocycles. The van der Waals surface area contributed by atoms with Gasteiger partial charge in [0.25, 0.3) is 0 Å². The normalized spacial score (nSPS) is 11.8. The van der Waals surface area contributed by atoms with E-state index in [1.54, 1.807) is 0 Å². The van der Waals surface area contributed by atoms with Crippen LogP contribution in [0.3, 0.4) is 0 Å². The number of allylic oxidation sites excluding steroid dienone is 1. The topological polar surface area (TPSA) is 45.4 Å². The zero-order valence-electron chi connectivity index (χ0n) is 15.3. The van der Waals surface area contributed by atoms with E-state index in [9.17, 15) is 0 Å². The van der Waals surface area contributed by atoms with Gasteiger partial charge in [0.2, 0.25) is 0 Å². The Kier molecular flexibility index (Phi) is 9.10. The van der Waals surface area contributed by atoms with E-state index in [-0.39, 0.29) is 0 Å². The highest BCUT2D eigenvalue weighted by molar-refractivity contribution is 5.79. The number of imidazole rings is 1. The van der Waals surface area contributed by atoms with Gasteiger partial charge in [-0.05, 0) is 25.2 Å². The Morgan fingerprint density at radius 3 is 2.87 bits per heavy atom. The van der Waals surface area contributed by atoms with Crippen molar-refractivity contribution in [2.75, 3.05) is 20.6 Å². The minimum atomic E-state index is 0.612. The van der Waals surface area contributed by atoms with Crippen LogP contribution in [0, 0.1) is 5.92 Å². The van der Waals surface area contributed by atoms with E-state index in [1.807, 2.05) is 25.5 Å². The molecule has 0 saturated heterocycles. The lowest BCUT2D eigenvalue weighted by atomic mass is 10.2. The van der Waals surface area contributed by atoms with Gasteiger partial charge in [-0.3, -0.25) is 4.99 Å². The predicted octanol–water partition coefficient (Wildman–Crippen LogP) is 3.29. The number of nitrogens with one attached hydrogen (secondary N) is 1. The molecule has 0 aromatic carbocycles. The number of unbranched alkanes of at least 4 members (excludes halogenated alkanes) is 3. The van der Waals surface area contributed by atoms with Gasteiger partial charge >= 0.3 is 0 Å². The van der Waals surface area contributed by atoms with Crippen molar-refractivity contribution in [2.24, 2.45) is 10.9 Å². The molecule has 0 amide bonds. The summed E-state index contributed by atoms with van der Waals surface area (Å²) in [7, 11) is 3.92. The third-order valence-corrected chi connectivity index (χ3v) is 3.74. The van der Waals surface area contributed by atoms with Gasteiger partial charge in [-0.25, -0.2) is 4.98 Å². The zero-order valence-corrected chi connectivity index (χ0v) is 15.3. The summed E-state index contributed by atoms with van der Waals surface area (Å²) in [5, 5.41) is 3.41. The highest BCUT2D eigenvalue weighted by Gasteiger charge is 2.08. The molecule has 1 aromatic heterocycles. The number of nitrogens with zero attached hydrogens (tertiary/aromatic N) is 4. The SMILES string of the molecule is C=CCCCCCN(C)C(=NC)NCc1nccn1CC(C)C. The third-order valence-electron chi connectivity index (χ3n) is 3.74. The van der Waals surface area contributed by atoms with Gasteiger partial charge in [-0.1, -0.05) is 26.3 Å². The summed E-state index contributed by atoms with van der Waals surface area (Å²) >= 11 is 0. The second kappa shape index (κ2) is 10.9. The molecule has 0 aliphatic rings. The Labute approximate surface area is 141 Å². The van der Waals surface area contributed by atoms with Crippen molar-refractivity contribution < 1.29 is 0 Å². The van der Waals surface area contributed by atoms with E-state index in [0.717, 1.165) is 31.3 Å². The van der Waals surface area contributed by atoms with Crippen LogP contribution in [0.25, 0.3) is 0 Å². The molecule has 5 nitrogen and oxygen atoms in total. The van der Waals surface area contributed by atoms with Gasteiger partial charge in [0.15, 0.2) is 5.96 Å². The first kappa shape index (κ1) is 19.3. The molecule has 1 N–H and O–H groups in total. The molecule has 0 fully saturated rings. The molecule has 0 radical (unpaired) electrons. The Morgan fingerprint density at radius 1 is 1.43 bits per heavy atom. The second-order valence-electron chi connectivity index (χ2n) is 6.35. The van der Waals surface area contributed by atoms with E-state index in [4.69, 9.17) is 0 Å². The molecule has 1 rings (SSSR count). The molecule has 0 atom stereocenters. The average molecular weight is 319 g/mol. The van der Waals surface area contributed by atoms with Crippen molar-refractivity contribution in [3.8, 4) is 0 Å². The largest absolute Gasteiger partial charge is 0.349 e. The molecular formula is C18H33N5. The van der Waals surface area contributed by atoms with Crippen LogP contribution in [0.15, 0.2) is 30.0 Å². The number of aliphatic imine (C=N–C) groups is 1. The van der Waals surface area contributed by atoms with E-state index in [2.05, 4.69) is 52.2 Å². The van der Waals surface area contributed by atoms with Gasteiger partial charge in [-0.2, -0.15) is 0 Å². The highest BCUT2D eigenvalue weighted by Crippen LogP contribution is 2.04. The Hall–Kier alpha value is -1.78. The lowest BCUT2D eigenvalue weighted by Gasteiger charge is -2.22. The minimum absolute atomic E-state index is 0.612. The fourth-order valence-corrected chi connectivity index (χ4v) is 2.53. The molecule has 0 bridgehead atoms. The summed E-state index contributed by atoms with van der Waals surface area (Å²) in [4.78, 5) is 11.0. The first-order chi connectivity index (χ1) is 11.1. The van der Waals surface area contributed by atoms with Crippen LogP contribution >= 0.6 is 0 Å². The molecule has 1 heterocycles. The lowest BCUT2D eigenvalue weighted by molar-refractivity contribution is 0.450. The van der Waals surface area contributed by atoms with Gasteiger partial charge in [0, 0.05) is 39.6 Å². The van der Waals surface area contributed by atoms with Crippen LogP contribution < -0.4 is 5.32 Å². The number of hydrogen-bond donors (Lipinski definition) is 1. The first-order valence-electron chi connectivity index (χ1n) is 8.61. The van der Waals surface area contributed by atoms with E-state index < -0.39 is 0 Å². The van der Waals surface area contributed by atoms with Gasteiger partial charge in [-0.15, -0.1) is 6.58 Å². The van der Waals surface area contributed by atoms with Crippen molar-refractivity contribution in [3.63, 3.8) is 0 Å². The van der Waals surface area contributed by atoms with Gasteiger partial charge < -0.3 is 14.8 Å². The molecule has 0 aliphatic heterocycles. The molecule has 0 saturated carbocycles. The molecule has 0 unspecified atom stereocenters. The van der Waals surface area contributed by atoms with Crippen molar-refractivity contribution in [3.05, 3.63) is 30.9 Å². The summed E-state index contributed by atoms with van der Waals surface area (Å²) < 4.78 is 2.21. The number of guanidine groups is 1. The standard InChI is InChI=1S/C18H33N5/c1-6-7-8-9-10-12-22(5)18(19-4)21-14-17-20-11-13-23(17)15-16(2)3/h6,11,13,16H,1,7-10,12,14-15H2,2-5H3,(H,19,21). The maximum Gasteiger partial charge on any atom is 0.193 e. The van der Waals surface area contributed by atoms with Crippen molar-refractivity contribution in [1.82, 2.24) is 19.8 Å². The first-order valence-corrected chi connectivity index (χ1v) is 8.61. The van der Waals surface area contributed by atoms with E-state index in [1.165, 1.54) is 19.3 Å². The molecular weight excluding hydrogens is 286 g/mol. The second-order valence-corrected chi connectivity index (χ2v) is 6.35. The summed E-state index contributed by atoms with van der Waals surface area (Å²) in [6.45, 7) is 10.9. The summed E-state index contributed by atoms with van der Waals surface area (Å²) in [5.41, 5.74) is 0. The number of rotatable bonds is 10. The Morgan fingerprint density at radius 2 is 2.22 bits per heavy atom. The molecule has 130 valence electrons. The van der Waals surface area contributed by atoms with Gasteiger partial charge in [0.05, 0.1) is 6.54 Å². The maximum absolute atomic E-state index is 4.45. The third kappa shape index (κ3) is 7.35. The summed E-state index contributed by atoms with van der Waals surface area (Å²) in [6, 6.07) is 0. The zero-order chi connectivity index (χ0) is 17.1. The summed E-state index contributed by atoms with van der Waals surface area (Å²) in [6.07, 6.45) is 10.6. The van der Waals surface area contributed by atoms with E-state index >= 15 is 0 Å². The lowest BCUT2D eigenvalue weighted by Crippen LogP contribution is -2.39. The van der Waals surface area contributed by atoms with Crippen LogP contribution in [-0.4, -0.2) is 41.1 Å². The monoisotopic (exact) mass is 319 g/mol. The van der Waals surface area contributed by atoms with Crippen molar-refractivity contribution in [2.45, 2.75) is 52.6 Å². The van der Waals surface area contributed by atoms with Crippen LogP contribution in [0.5, 0.6) is 0 Å². The van der Waals surface area contributed by atoms with Crippen LogP contribution in [-0.2, 0) is 13.1 Å². The number of aromatic nitrogens is 2. The van der Waals surface area contributed by atoms with Crippen LogP contribution in [0.1, 0.15) is 45.4 Å². The Balaban J connectivity index is 2.41. The molecule has 23 heavy (non-hydrogen) atoms. The minimum Gasteiger partial charge on any atom is -0.349 e. The fourth-order valence-electron chi connectivity index (χ4n) is 2.53. The quantitative estimate of drug-likeness (QED) is 0.311. The van der Waals surface area contributed by atoms with Crippen molar-refractivity contribution in [1.29, 1.82) is 0 Å². The Bertz CT molecular complexity index is 476. The highest BCUT2D eigenvalue weighted by atomic mass is 15.3. The molecule has 0 spiro atoms. The predicted molar refractivity (Wildman–Crippen MR) is 98.6 cm³/mol. The summed E-state index contributed by atoms with van der Waals surface area (Å²) in [5.74, 6) is 2.59. The van der Waals surface area contributed by atoms with Gasteiger partial charge in [0.1, 0.15) is 5.82 Å². The smallest absolute Gasteiger partial charge is 0.193 e. The average Bonchev–Trinajstić information content (AvgIpc) is 2.94. The fraction of sp³-hybridized carbons (Fsp3) is 0.667. The van der Waals surface area contributed by atoms with Crippen LogP contribution in [0.2, 0.25) is 0 Å². The van der Waals surface area contributed by atoms with Crippen LogP contribution in [0.4, 0.5) is 0 Å². The maximum atomic E-state index is 4.45. The molecule has 5 heteroatoms. The van der Waals surface area contributed by atoms with Crippen molar-refractivity contribution >= 4 is 5.96 Å². The van der Waals surface area contributed by atoms with E-state index in [0.29, 0.717) is 12.5 Å².